The summed E-state index contributed by atoms with van der Waals surface area (Å²) >= 11 is 18.7. The van der Waals surface area contributed by atoms with Crippen LogP contribution in [0.5, 0.6) is 0 Å². The fourth-order valence-electron chi connectivity index (χ4n) is 4.33. The number of aromatic nitrogens is 1. The lowest BCUT2D eigenvalue weighted by Gasteiger charge is -2.25. The summed E-state index contributed by atoms with van der Waals surface area (Å²) in [5.41, 5.74) is 7.50. The molecule has 0 aliphatic carbocycles. The van der Waals surface area contributed by atoms with E-state index in [9.17, 15) is 13.2 Å². The Morgan fingerprint density at radius 3 is 2.35 bits per heavy atom. The first-order valence-electron chi connectivity index (χ1n) is 12.2. The molecule has 1 aromatic heterocycles. The van der Waals surface area contributed by atoms with E-state index in [1.54, 1.807) is 43.3 Å². The van der Waals surface area contributed by atoms with Gasteiger partial charge in [0.15, 0.2) is 0 Å². The Morgan fingerprint density at radius 1 is 0.975 bits per heavy atom. The first-order chi connectivity index (χ1) is 18.9. The number of carbonyl (C=O) groups excluding carboxylic acids is 1. The number of benzene rings is 3. The van der Waals surface area contributed by atoms with Gasteiger partial charge in [0, 0.05) is 22.0 Å². The molecule has 0 spiro atoms. The minimum Gasteiger partial charge on any atom is -0.316 e. The highest BCUT2D eigenvalue weighted by Gasteiger charge is 2.28. The average molecular weight is 618 g/mol. The van der Waals surface area contributed by atoms with Gasteiger partial charge in [-0.15, -0.1) is 0 Å². The predicted molar refractivity (Wildman–Crippen MR) is 163 cm³/mol. The van der Waals surface area contributed by atoms with E-state index < -0.39 is 22.5 Å². The van der Waals surface area contributed by atoms with Crippen molar-refractivity contribution in [3.63, 3.8) is 0 Å². The van der Waals surface area contributed by atoms with Crippen molar-refractivity contribution in [2.45, 2.75) is 32.6 Å². The molecule has 0 saturated heterocycles. The summed E-state index contributed by atoms with van der Waals surface area (Å²) in [6.07, 6.45) is 1.50. The number of anilines is 1. The van der Waals surface area contributed by atoms with E-state index >= 15 is 0 Å². The highest BCUT2D eigenvalue weighted by atomic mass is 35.5. The number of hydrogen-bond donors (Lipinski definition) is 1. The largest absolute Gasteiger partial charge is 0.316 e. The Balaban J connectivity index is 1.59. The van der Waals surface area contributed by atoms with Crippen molar-refractivity contribution in [2.24, 2.45) is 5.10 Å². The molecule has 0 bridgehead atoms. The van der Waals surface area contributed by atoms with Crippen molar-refractivity contribution in [1.82, 2.24) is 9.99 Å². The van der Waals surface area contributed by atoms with Crippen molar-refractivity contribution in [2.75, 3.05) is 10.8 Å². The van der Waals surface area contributed by atoms with Gasteiger partial charge >= 0.3 is 0 Å². The van der Waals surface area contributed by atoms with Crippen LogP contribution in [0.25, 0.3) is 5.69 Å². The first kappa shape index (κ1) is 29.7. The van der Waals surface area contributed by atoms with Crippen molar-refractivity contribution >= 4 is 62.6 Å². The van der Waals surface area contributed by atoms with E-state index in [1.165, 1.54) is 18.3 Å². The van der Waals surface area contributed by atoms with Crippen LogP contribution < -0.4 is 9.73 Å². The van der Waals surface area contributed by atoms with Crippen molar-refractivity contribution in [3.8, 4) is 5.69 Å². The molecule has 0 aliphatic heterocycles. The normalized spacial score (nSPS) is 11.7. The number of sulfonamides is 1. The highest BCUT2D eigenvalue weighted by Crippen LogP contribution is 2.32. The van der Waals surface area contributed by atoms with E-state index in [0.29, 0.717) is 26.3 Å². The number of rotatable bonds is 8. The van der Waals surface area contributed by atoms with Gasteiger partial charge in [-0.2, -0.15) is 5.10 Å². The minimum atomic E-state index is -4.07. The maximum absolute atomic E-state index is 13.6. The number of nitrogens with one attached hydrogen (secondary N) is 1. The van der Waals surface area contributed by atoms with Crippen LogP contribution in [0.3, 0.4) is 0 Å². The molecule has 1 heterocycles. The number of nitrogens with zero attached hydrogens (tertiary/aromatic N) is 3. The number of hydrazone groups is 1. The quantitative estimate of drug-likeness (QED) is 0.170. The molecule has 0 saturated carbocycles. The number of carbonyl (C=O) groups is 1. The second-order valence-electron chi connectivity index (χ2n) is 9.28. The molecule has 0 unspecified atom stereocenters. The molecule has 3 aromatic carbocycles. The number of halogens is 3. The lowest BCUT2D eigenvalue weighted by atomic mass is 10.2. The molecular weight excluding hydrogens is 591 g/mol. The van der Waals surface area contributed by atoms with E-state index in [-0.39, 0.29) is 4.90 Å². The monoisotopic (exact) mass is 616 g/mol. The summed E-state index contributed by atoms with van der Waals surface area (Å²) in [5.74, 6) is -0.618. The summed E-state index contributed by atoms with van der Waals surface area (Å²) < 4.78 is 30.3. The summed E-state index contributed by atoms with van der Waals surface area (Å²) in [6, 6.07) is 18.5. The van der Waals surface area contributed by atoms with E-state index in [1.807, 2.05) is 43.5 Å². The molecule has 0 atom stereocenters. The van der Waals surface area contributed by atoms with Crippen LogP contribution in [-0.4, -0.2) is 31.7 Å². The van der Waals surface area contributed by atoms with Crippen LogP contribution in [0.4, 0.5) is 5.69 Å². The van der Waals surface area contributed by atoms with E-state index in [4.69, 9.17) is 34.8 Å². The Kier molecular flexibility index (Phi) is 8.95. The topological polar surface area (TPSA) is 83.8 Å². The Morgan fingerprint density at radius 2 is 1.68 bits per heavy atom. The molecule has 1 N–H and O–H groups in total. The standard InChI is InChI=1S/C29H27Cl3N4O3S/c1-18-8-11-24(12-9-18)40(38,39)35(26-13-10-23(30)14-19(26)2)17-28(37)34-33-16-22-15-20(3)36(21(22)4)27-7-5-6-25(31)29(27)32/h5-16H,17H2,1-4H3,(H,34,37)/b33-16-. The molecule has 7 nitrogen and oxygen atoms in total. The van der Waals surface area contributed by atoms with Crippen molar-refractivity contribution in [1.29, 1.82) is 0 Å². The summed E-state index contributed by atoms with van der Waals surface area (Å²) in [6.45, 7) is 6.92. The summed E-state index contributed by atoms with van der Waals surface area (Å²) in [4.78, 5) is 13.1. The molecule has 0 aliphatic rings. The van der Waals surface area contributed by atoms with Crippen LogP contribution in [0, 0.1) is 27.7 Å². The van der Waals surface area contributed by atoms with Gasteiger partial charge < -0.3 is 4.57 Å². The summed E-state index contributed by atoms with van der Waals surface area (Å²) in [5, 5.41) is 5.42. The molecule has 11 heteroatoms. The van der Waals surface area contributed by atoms with Gasteiger partial charge in [-0.1, -0.05) is 58.6 Å². The summed E-state index contributed by atoms with van der Waals surface area (Å²) in [7, 11) is -4.07. The van der Waals surface area contributed by atoms with Crippen molar-refractivity contribution < 1.29 is 13.2 Å². The highest BCUT2D eigenvalue weighted by molar-refractivity contribution is 7.92. The second kappa shape index (κ2) is 12.1. The van der Waals surface area contributed by atoms with Crippen LogP contribution in [0.1, 0.15) is 28.1 Å². The number of aryl methyl sites for hydroxylation is 3. The van der Waals surface area contributed by atoms with E-state index in [2.05, 4.69) is 10.5 Å². The zero-order valence-electron chi connectivity index (χ0n) is 22.2. The Labute approximate surface area is 249 Å². The number of amides is 1. The smallest absolute Gasteiger partial charge is 0.264 e. The average Bonchev–Trinajstić information content (AvgIpc) is 3.17. The molecule has 1 amide bonds. The molecule has 0 fully saturated rings. The van der Waals surface area contributed by atoms with E-state index in [0.717, 1.165) is 32.5 Å². The lowest BCUT2D eigenvalue weighted by Crippen LogP contribution is -2.40. The Hall–Kier alpha value is -3.30. The van der Waals surface area contributed by atoms with Crippen molar-refractivity contribution in [3.05, 3.63) is 110 Å². The molecule has 208 valence electrons. The van der Waals surface area contributed by atoms with Gasteiger partial charge in [0.05, 0.1) is 32.5 Å². The van der Waals surface area contributed by atoms with Gasteiger partial charge in [0.2, 0.25) is 0 Å². The van der Waals surface area contributed by atoms with Gasteiger partial charge in [-0.05, 0) is 81.8 Å². The zero-order chi connectivity index (χ0) is 29.2. The third-order valence-electron chi connectivity index (χ3n) is 6.36. The second-order valence-corrected chi connectivity index (χ2v) is 12.4. The third kappa shape index (κ3) is 6.20. The molecule has 4 rings (SSSR count). The molecule has 0 radical (unpaired) electrons. The predicted octanol–water partition coefficient (Wildman–Crippen LogP) is 7.02. The third-order valence-corrected chi connectivity index (χ3v) is 9.18. The van der Waals surface area contributed by atoms with Crippen LogP contribution in [0.15, 0.2) is 76.7 Å². The molecule has 40 heavy (non-hydrogen) atoms. The SMILES string of the molecule is Cc1ccc(S(=O)(=O)N(CC(=O)N/N=C\c2cc(C)n(-c3cccc(Cl)c3Cl)c2C)c2ccc(Cl)cc2C)cc1. The van der Waals surface area contributed by atoms with Gasteiger partial charge in [0.1, 0.15) is 6.54 Å². The fourth-order valence-corrected chi connectivity index (χ4v) is 6.42. The first-order valence-corrected chi connectivity index (χ1v) is 14.8. The van der Waals surface area contributed by atoms with Crippen LogP contribution >= 0.6 is 34.8 Å². The minimum absolute atomic E-state index is 0.0656. The fraction of sp³-hybridized carbons (Fsp3) is 0.172. The number of hydrogen-bond acceptors (Lipinski definition) is 4. The lowest BCUT2D eigenvalue weighted by molar-refractivity contribution is -0.119. The van der Waals surface area contributed by atoms with Crippen LogP contribution in [-0.2, 0) is 14.8 Å². The zero-order valence-corrected chi connectivity index (χ0v) is 25.3. The van der Waals surface area contributed by atoms with Gasteiger partial charge in [-0.25, -0.2) is 13.8 Å². The maximum atomic E-state index is 13.6. The van der Waals surface area contributed by atoms with Gasteiger partial charge in [-0.3, -0.25) is 9.10 Å². The molecule has 4 aromatic rings. The Bertz CT molecular complexity index is 1720. The molecular formula is C29H27Cl3N4O3S. The van der Waals surface area contributed by atoms with Gasteiger partial charge in [0.25, 0.3) is 15.9 Å². The maximum Gasteiger partial charge on any atom is 0.264 e. The van der Waals surface area contributed by atoms with Crippen LogP contribution in [0.2, 0.25) is 15.1 Å².